The van der Waals surface area contributed by atoms with E-state index in [0.29, 0.717) is 17.4 Å². The van der Waals surface area contributed by atoms with Crippen LogP contribution in [0, 0.1) is 0 Å². The Bertz CT molecular complexity index is 1600. The minimum absolute atomic E-state index is 0.0313. The summed E-state index contributed by atoms with van der Waals surface area (Å²) in [5.41, 5.74) is 0. The number of nitrogens with zero attached hydrogens (tertiary/aromatic N) is 2. The predicted octanol–water partition coefficient (Wildman–Crippen LogP) is 24.8. The van der Waals surface area contributed by atoms with E-state index in [9.17, 15) is 19.3 Å². The molecule has 0 N–H and O–H groups in total. The molecule has 0 amide bonds. The van der Waals surface area contributed by atoms with Crippen LogP contribution in [0.4, 0.5) is 0 Å². The highest BCUT2D eigenvalue weighted by molar-refractivity contribution is 7.49. The van der Waals surface area contributed by atoms with Crippen molar-refractivity contribution < 1.29 is 42.1 Å². The fraction of sp³-hybridized carbons (Fsp3) is 0.936. The molecule has 10 nitrogen and oxygen atoms in total. The summed E-state index contributed by atoms with van der Waals surface area (Å²) in [5.74, 6) is -1.26. The van der Waals surface area contributed by atoms with Gasteiger partial charge in [0, 0.05) is 12.8 Å². The van der Waals surface area contributed by atoms with Crippen LogP contribution in [0.25, 0.3) is 0 Å². The number of aliphatic imine (C=N–C) groups is 1. The van der Waals surface area contributed by atoms with Gasteiger partial charge in [-0.2, -0.15) is 0 Å². The monoisotopic (exact) mass is 1280 g/mol. The molecule has 528 valence electrons. The highest BCUT2D eigenvalue weighted by atomic mass is 31.2. The highest BCUT2D eigenvalue weighted by Gasteiger charge is 2.35. The van der Waals surface area contributed by atoms with Crippen molar-refractivity contribution in [2.75, 3.05) is 40.9 Å². The lowest BCUT2D eigenvalue weighted by Crippen LogP contribution is -2.37. The van der Waals surface area contributed by atoms with Gasteiger partial charge in [0.25, 0.3) is 0 Å². The van der Waals surface area contributed by atoms with Gasteiger partial charge in [-0.3, -0.25) is 23.6 Å². The molecule has 0 aliphatic carbocycles. The smallest absolute Gasteiger partial charge is 0.532 e. The van der Waals surface area contributed by atoms with E-state index in [2.05, 4.69) is 33.8 Å². The maximum absolute atomic E-state index is 14.6. The van der Waals surface area contributed by atoms with Crippen molar-refractivity contribution in [1.82, 2.24) is 0 Å². The molecule has 0 aromatic heterocycles. The standard InChI is InChI=1S/C78H153N2O8P/c1-8-12-16-20-24-28-32-36-39-42-44-48-52-56-60-64-68-76(81)79-74(73-86-89(84,85-72-71-80(5,6)7)88-78(83)70-66-62-58-54-50-46-41-38-34-30-26-22-18-14-10-3)75(67-63-59-55-51-47-43-35-31-27-23-19-15-11-4)87-77(82)69-65-61-57-53-49-45-40-37-33-29-25-21-17-13-9-2/h63,67,74-75H,8-62,64-66,68-73H2,1-7H3/b67-63+. The molecule has 0 saturated carbocycles. The van der Waals surface area contributed by atoms with Gasteiger partial charge in [-0.15, -0.1) is 0 Å². The van der Waals surface area contributed by atoms with Gasteiger partial charge in [0.05, 0.1) is 27.7 Å². The van der Waals surface area contributed by atoms with Crippen molar-refractivity contribution in [3.63, 3.8) is 0 Å². The van der Waals surface area contributed by atoms with Crippen LogP contribution in [0.2, 0.25) is 0 Å². The van der Waals surface area contributed by atoms with Crippen LogP contribution >= 0.6 is 7.82 Å². The molecule has 0 spiro atoms. The quantitative estimate of drug-likeness (QED) is 0.0112. The summed E-state index contributed by atoms with van der Waals surface area (Å²) < 4.78 is 39.2. The molecule has 0 radical (unpaired) electrons. The molecule has 3 atom stereocenters. The lowest BCUT2D eigenvalue weighted by atomic mass is 10.0. The molecule has 0 aliphatic rings. The van der Waals surface area contributed by atoms with Gasteiger partial charge in [-0.1, -0.05) is 374 Å². The average Bonchev–Trinajstić information content (AvgIpc) is 3.09. The minimum Gasteiger partial charge on any atom is -0.862 e. The van der Waals surface area contributed by atoms with Gasteiger partial charge >= 0.3 is 19.8 Å². The Kier molecular flexibility index (Phi) is 66.3. The van der Waals surface area contributed by atoms with Gasteiger partial charge in [0.1, 0.15) is 25.3 Å². The van der Waals surface area contributed by atoms with Gasteiger partial charge < -0.3 is 18.9 Å². The average molecular weight is 1280 g/mol. The maximum Gasteiger partial charge on any atom is 0.532 e. The highest BCUT2D eigenvalue weighted by Crippen LogP contribution is 2.50. The number of hydrogen-bond acceptors (Lipinski definition) is 9. The normalized spacial score (nSPS) is 13.6. The Morgan fingerprint density at radius 1 is 0.393 bits per heavy atom. The third-order valence-corrected chi connectivity index (χ3v) is 19.5. The lowest BCUT2D eigenvalue weighted by molar-refractivity contribution is -0.870. The summed E-state index contributed by atoms with van der Waals surface area (Å²) in [6, 6.07) is -1.01. The fourth-order valence-corrected chi connectivity index (χ4v) is 13.2. The zero-order valence-corrected chi connectivity index (χ0v) is 61.6. The first-order valence-corrected chi connectivity index (χ1v) is 40.9. The minimum atomic E-state index is -4.48. The Morgan fingerprint density at radius 3 is 0.989 bits per heavy atom. The third kappa shape index (κ3) is 66.1. The van der Waals surface area contributed by atoms with E-state index in [1.807, 2.05) is 27.2 Å². The van der Waals surface area contributed by atoms with Crippen molar-refractivity contribution in [3.05, 3.63) is 12.2 Å². The molecule has 0 saturated heterocycles. The van der Waals surface area contributed by atoms with Crippen molar-refractivity contribution >= 4 is 25.7 Å². The van der Waals surface area contributed by atoms with Crippen LogP contribution in [-0.2, 0) is 32.5 Å². The topological polar surface area (TPSA) is 124 Å². The molecule has 89 heavy (non-hydrogen) atoms. The molecule has 0 heterocycles. The van der Waals surface area contributed by atoms with Crippen LogP contribution < -0.4 is 5.11 Å². The molecule has 0 fully saturated rings. The molecular weight excluding hydrogens is 1120 g/mol. The van der Waals surface area contributed by atoms with Crippen LogP contribution in [0.5, 0.6) is 0 Å². The predicted molar refractivity (Wildman–Crippen MR) is 383 cm³/mol. The van der Waals surface area contributed by atoms with E-state index in [4.69, 9.17) is 23.3 Å². The number of carbonyl (C=O) groups excluding carboxylic acids is 2. The Morgan fingerprint density at radius 2 is 0.674 bits per heavy atom. The lowest BCUT2D eigenvalue weighted by Gasteiger charge is -2.27. The molecule has 11 heteroatoms. The molecular formula is C78H153N2O8P. The molecule has 3 unspecified atom stereocenters. The Balaban J connectivity index is 6.02. The molecule has 0 rings (SSSR count). The summed E-state index contributed by atoms with van der Waals surface area (Å²) in [7, 11) is 1.56. The zero-order chi connectivity index (χ0) is 65.1. The van der Waals surface area contributed by atoms with Crippen molar-refractivity contribution in [2.24, 2.45) is 4.99 Å². The first-order valence-electron chi connectivity index (χ1n) is 39.4. The molecule has 0 aromatic carbocycles. The van der Waals surface area contributed by atoms with Crippen LogP contribution in [0.3, 0.4) is 0 Å². The van der Waals surface area contributed by atoms with E-state index in [0.717, 1.165) is 77.0 Å². The zero-order valence-electron chi connectivity index (χ0n) is 60.7. The van der Waals surface area contributed by atoms with Crippen LogP contribution in [0.15, 0.2) is 17.1 Å². The summed E-state index contributed by atoms with van der Waals surface area (Å²) >= 11 is 0. The van der Waals surface area contributed by atoms with Gasteiger partial charge in [0.15, 0.2) is 0 Å². The second-order valence-corrected chi connectivity index (χ2v) is 29.9. The second kappa shape index (κ2) is 67.7. The largest absolute Gasteiger partial charge is 0.862 e. The summed E-state index contributed by atoms with van der Waals surface area (Å²) in [6.45, 7) is 9.25. The number of unbranched alkanes of at least 4 members (excludes halogenated alkanes) is 54. The summed E-state index contributed by atoms with van der Waals surface area (Å²) in [6.07, 6.45) is 75.2. The number of likely N-dealkylation sites (N-methyl/N-ethyl adjacent to an activating group) is 1. The number of phosphoric ester groups is 1. The Labute approximate surface area is 554 Å². The van der Waals surface area contributed by atoms with E-state index >= 15 is 0 Å². The summed E-state index contributed by atoms with van der Waals surface area (Å²) in [5, 5.41) is 13.9. The van der Waals surface area contributed by atoms with Crippen LogP contribution in [-0.4, -0.2) is 75.4 Å². The number of hydrogen-bond donors (Lipinski definition) is 0. The van der Waals surface area contributed by atoms with E-state index in [1.165, 1.54) is 289 Å². The van der Waals surface area contributed by atoms with Crippen LogP contribution in [0.1, 0.15) is 419 Å². The van der Waals surface area contributed by atoms with Crippen molar-refractivity contribution in [3.8, 4) is 0 Å². The van der Waals surface area contributed by atoms with Gasteiger partial charge in [0.2, 0.25) is 0 Å². The number of ether oxygens (including phenoxy) is 1. The maximum atomic E-state index is 14.6. The van der Waals surface area contributed by atoms with E-state index < -0.39 is 25.9 Å². The molecule has 0 bridgehead atoms. The number of quaternary nitrogens is 1. The van der Waals surface area contributed by atoms with Crippen molar-refractivity contribution in [1.29, 1.82) is 0 Å². The molecule has 0 aliphatic heterocycles. The van der Waals surface area contributed by atoms with Gasteiger partial charge in [-0.25, -0.2) is 4.57 Å². The van der Waals surface area contributed by atoms with Crippen molar-refractivity contribution in [2.45, 2.75) is 432 Å². The Hall–Kier alpha value is -1.74. The third-order valence-electron chi connectivity index (χ3n) is 18.1. The van der Waals surface area contributed by atoms with Gasteiger partial charge in [-0.05, 0) is 50.5 Å². The second-order valence-electron chi connectivity index (χ2n) is 28.3. The first-order chi connectivity index (χ1) is 43.4. The number of allylic oxidation sites excluding steroid dienone is 1. The fourth-order valence-electron chi connectivity index (χ4n) is 12.0. The SMILES string of the molecule is CCCCCCCCCCCCC/C=C/C(OC(=O)CCCCCCCCCCCCCCCCC)C(COP(=O)(OCC[N+](C)(C)C)OC(=O)CCCCCCCCCCCCCCCCC)N=C([O-])CCCCCCCCCCCCCCCCCC. The van der Waals surface area contributed by atoms with E-state index in [1.54, 1.807) is 0 Å². The first kappa shape index (κ1) is 87.3. The van der Waals surface area contributed by atoms with E-state index in [-0.39, 0.29) is 44.3 Å². The molecule has 0 aromatic rings. The number of esters is 1. The number of carbonyl (C=O) groups is 2. The summed E-state index contributed by atoms with van der Waals surface area (Å²) in [4.78, 5) is 32.0. The number of phosphoric acid groups is 1. The number of rotatable bonds is 73.